The van der Waals surface area contributed by atoms with Gasteiger partial charge in [0.1, 0.15) is 12.2 Å². The largest absolute Gasteiger partial charge is 0.465 e. The Morgan fingerprint density at radius 3 is 2.48 bits per heavy atom. The number of hydrogen-bond acceptors (Lipinski definition) is 4. The van der Waals surface area contributed by atoms with Crippen LogP contribution in [0.2, 0.25) is 0 Å². The van der Waals surface area contributed by atoms with Crippen molar-refractivity contribution in [3.63, 3.8) is 0 Å². The molecule has 2 saturated heterocycles. The Morgan fingerprint density at radius 1 is 1.19 bits per heavy atom. The molecule has 0 bridgehead atoms. The summed E-state index contributed by atoms with van der Waals surface area (Å²) in [6.45, 7) is 3.85. The zero-order valence-electron chi connectivity index (χ0n) is 15.3. The van der Waals surface area contributed by atoms with E-state index in [2.05, 4.69) is 10.00 Å². The summed E-state index contributed by atoms with van der Waals surface area (Å²) >= 11 is 0. The topological polar surface area (TPSA) is 81.9 Å². The van der Waals surface area contributed by atoms with Gasteiger partial charge in [0.05, 0.1) is 0 Å². The van der Waals surface area contributed by atoms with Gasteiger partial charge in [0.15, 0.2) is 5.82 Å². The number of aromatic nitrogens is 2. The highest BCUT2D eigenvalue weighted by atomic mass is 16.4. The lowest BCUT2D eigenvalue weighted by atomic mass is 9.85. The maximum Gasteiger partial charge on any atom is 0.407 e. The lowest BCUT2D eigenvalue weighted by Gasteiger charge is -2.42. The first-order valence-electron chi connectivity index (χ1n) is 9.21. The van der Waals surface area contributed by atoms with E-state index in [1.807, 2.05) is 49.5 Å². The summed E-state index contributed by atoms with van der Waals surface area (Å²) < 4.78 is 1.80. The molecular weight excluding hydrogens is 346 g/mol. The van der Waals surface area contributed by atoms with E-state index in [4.69, 9.17) is 0 Å². The number of benzene rings is 1. The van der Waals surface area contributed by atoms with E-state index in [0.717, 1.165) is 12.2 Å². The molecule has 4 rings (SSSR count). The number of carboxylic acid groups (broad SMARTS) is 1. The van der Waals surface area contributed by atoms with Crippen LogP contribution in [0.3, 0.4) is 0 Å². The third-order valence-electron chi connectivity index (χ3n) is 5.60. The Balaban J connectivity index is 1.70. The zero-order chi connectivity index (χ0) is 19.0. The monoisotopic (exact) mass is 369 g/mol. The number of carbonyl (C=O) groups is 2. The molecule has 8 heteroatoms. The fraction of sp³-hybridized carbons (Fsp3) is 0.421. The van der Waals surface area contributed by atoms with Crippen molar-refractivity contribution >= 4 is 23.5 Å². The van der Waals surface area contributed by atoms with Gasteiger partial charge in [-0.15, -0.1) is 0 Å². The molecule has 2 aromatic rings. The second kappa shape index (κ2) is 6.61. The van der Waals surface area contributed by atoms with Crippen LogP contribution in [-0.4, -0.2) is 57.1 Å². The van der Waals surface area contributed by atoms with Crippen LogP contribution in [0.15, 0.2) is 42.6 Å². The second-order valence-electron chi connectivity index (χ2n) is 6.97. The number of rotatable bonds is 3. The minimum Gasteiger partial charge on any atom is -0.465 e. The van der Waals surface area contributed by atoms with Crippen molar-refractivity contribution < 1.29 is 14.7 Å². The fourth-order valence-electron chi connectivity index (χ4n) is 4.04. The van der Waals surface area contributed by atoms with Crippen LogP contribution < -0.4 is 9.80 Å². The Morgan fingerprint density at radius 2 is 1.89 bits per heavy atom. The molecule has 2 aliphatic heterocycles. The van der Waals surface area contributed by atoms with Gasteiger partial charge in [-0.25, -0.2) is 4.79 Å². The number of piperidine rings is 1. The normalized spacial score (nSPS) is 19.1. The number of para-hydroxylation sites is 1. The van der Waals surface area contributed by atoms with Gasteiger partial charge < -0.3 is 14.9 Å². The number of aryl methyl sites for hydroxylation is 1. The predicted octanol–water partition coefficient (Wildman–Crippen LogP) is 2.23. The molecule has 27 heavy (non-hydrogen) atoms. The Bertz CT molecular complexity index is 842. The molecule has 2 aliphatic rings. The molecule has 1 spiro atoms. The van der Waals surface area contributed by atoms with Crippen LogP contribution in [-0.2, 0) is 11.3 Å². The SMILES string of the molecule is CCn1ccc(N2CN(c3ccccc3)C3(CCN(C(=O)O)CC3)C2=O)n1. The summed E-state index contributed by atoms with van der Waals surface area (Å²) in [4.78, 5) is 30.0. The van der Waals surface area contributed by atoms with E-state index < -0.39 is 11.6 Å². The van der Waals surface area contributed by atoms with Gasteiger partial charge in [-0.2, -0.15) is 5.10 Å². The standard InChI is InChI=1S/C19H23N5O3/c1-2-22-11-8-16(20-22)23-14-24(15-6-4-3-5-7-15)19(17(23)25)9-12-21(13-10-19)18(26)27/h3-8,11H,2,9-10,12-14H2,1H3,(H,26,27). The summed E-state index contributed by atoms with van der Waals surface area (Å²) in [5, 5.41) is 13.8. The van der Waals surface area contributed by atoms with E-state index in [1.165, 1.54) is 4.90 Å². The highest BCUT2D eigenvalue weighted by Gasteiger charge is 2.55. The maximum atomic E-state index is 13.5. The second-order valence-corrected chi connectivity index (χ2v) is 6.97. The molecule has 2 amide bonds. The molecule has 142 valence electrons. The molecule has 1 N–H and O–H groups in total. The molecular formula is C19H23N5O3. The first-order valence-corrected chi connectivity index (χ1v) is 9.21. The summed E-state index contributed by atoms with van der Waals surface area (Å²) in [7, 11) is 0. The van der Waals surface area contributed by atoms with Crippen molar-refractivity contribution in [2.75, 3.05) is 29.6 Å². The number of hydrogen-bond donors (Lipinski definition) is 1. The van der Waals surface area contributed by atoms with Crippen molar-refractivity contribution in [1.29, 1.82) is 0 Å². The van der Waals surface area contributed by atoms with Gasteiger partial charge in [0, 0.05) is 37.6 Å². The van der Waals surface area contributed by atoms with Crippen molar-refractivity contribution in [3.8, 4) is 0 Å². The minimum absolute atomic E-state index is 0.00209. The zero-order valence-corrected chi connectivity index (χ0v) is 15.3. The number of anilines is 2. The summed E-state index contributed by atoms with van der Waals surface area (Å²) in [5.74, 6) is 0.637. The first-order chi connectivity index (χ1) is 13.0. The third-order valence-corrected chi connectivity index (χ3v) is 5.60. The third kappa shape index (κ3) is 2.81. The minimum atomic E-state index is -0.930. The van der Waals surface area contributed by atoms with E-state index >= 15 is 0 Å². The molecule has 0 radical (unpaired) electrons. The summed E-state index contributed by atoms with van der Waals surface area (Å²) in [5.41, 5.74) is 0.232. The van der Waals surface area contributed by atoms with Crippen LogP contribution in [0.25, 0.3) is 0 Å². The smallest absolute Gasteiger partial charge is 0.407 e. The Kier molecular flexibility index (Phi) is 4.25. The molecule has 1 aromatic carbocycles. The van der Waals surface area contributed by atoms with Gasteiger partial charge >= 0.3 is 6.09 Å². The van der Waals surface area contributed by atoms with Crippen LogP contribution >= 0.6 is 0 Å². The number of nitrogens with zero attached hydrogens (tertiary/aromatic N) is 5. The highest BCUT2D eigenvalue weighted by Crippen LogP contribution is 2.40. The first kappa shape index (κ1) is 17.4. The van der Waals surface area contributed by atoms with E-state index in [0.29, 0.717) is 38.4 Å². The lowest BCUT2D eigenvalue weighted by Crippen LogP contribution is -2.57. The molecule has 0 saturated carbocycles. The van der Waals surface area contributed by atoms with Crippen LogP contribution in [0.5, 0.6) is 0 Å². The molecule has 0 aliphatic carbocycles. The van der Waals surface area contributed by atoms with Gasteiger partial charge in [0.2, 0.25) is 0 Å². The van der Waals surface area contributed by atoms with Crippen LogP contribution in [0.1, 0.15) is 19.8 Å². The number of likely N-dealkylation sites (tertiary alicyclic amines) is 1. The van der Waals surface area contributed by atoms with E-state index in [9.17, 15) is 14.7 Å². The van der Waals surface area contributed by atoms with Crippen molar-refractivity contribution in [2.45, 2.75) is 31.8 Å². The van der Waals surface area contributed by atoms with Gasteiger partial charge in [-0.05, 0) is 31.9 Å². The van der Waals surface area contributed by atoms with Gasteiger partial charge in [-0.1, -0.05) is 18.2 Å². The molecule has 0 unspecified atom stereocenters. The fourth-order valence-corrected chi connectivity index (χ4v) is 4.04. The average Bonchev–Trinajstić information content (AvgIpc) is 3.27. The van der Waals surface area contributed by atoms with Gasteiger partial charge in [-0.3, -0.25) is 14.4 Å². The van der Waals surface area contributed by atoms with Crippen molar-refractivity contribution in [3.05, 3.63) is 42.6 Å². The summed E-state index contributed by atoms with van der Waals surface area (Å²) in [6.07, 6.45) is 1.88. The molecule has 2 fully saturated rings. The number of carbonyl (C=O) groups excluding carboxylic acids is 1. The van der Waals surface area contributed by atoms with Crippen LogP contribution in [0.4, 0.5) is 16.3 Å². The lowest BCUT2D eigenvalue weighted by molar-refractivity contribution is -0.123. The predicted molar refractivity (Wildman–Crippen MR) is 101 cm³/mol. The highest BCUT2D eigenvalue weighted by molar-refractivity contribution is 6.05. The molecule has 3 heterocycles. The van der Waals surface area contributed by atoms with E-state index in [-0.39, 0.29) is 5.91 Å². The maximum absolute atomic E-state index is 13.5. The Labute approximate surface area is 157 Å². The molecule has 0 atom stereocenters. The van der Waals surface area contributed by atoms with Crippen LogP contribution in [0, 0.1) is 0 Å². The Hall–Kier alpha value is -3.03. The average molecular weight is 369 g/mol. The van der Waals surface area contributed by atoms with Crippen molar-refractivity contribution in [2.24, 2.45) is 0 Å². The van der Waals surface area contributed by atoms with E-state index in [1.54, 1.807) is 9.58 Å². The molecule has 1 aromatic heterocycles. The number of amides is 2. The molecule has 8 nitrogen and oxygen atoms in total. The summed E-state index contributed by atoms with van der Waals surface area (Å²) in [6, 6.07) is 11.7. The quantitative estimate of drug-likeness (QED) is 0.897. The van der Waals surface area contributed by atoms with Crippen molar-refractivity contribution in [1.82, 2.24) is 14.7 Å². The van der Waals surface area contributed by atoms with Gasteiger partial charge in [0.25, 0.3) is 5.91 Å².